The highest BCUT2D eigenvalue weighted by atomic mass is 79.9. The number of amides is 2. The molecule has 0 aliphatic carbocycles. The zero-order valence-electron chi connectivity index (χ0n) is 9.93. The van der Waals surface area contributed by atoms with E-state index in [2.05, 4.69) is 21.2 Å². The summed E-state index contributed by atoms with van der Waals surface area (Å²) in [6.07, 6.45) is -0.139. The monoisotopic (exact) mass is 328 g/mol. The summed E-state index contributed by atoms with van der Waals surface area (Å²) in [5, 5.41) is 11.3. The maximum absolute atomic E-state index is 11.8. The number of carbonyl (C=O) groups excluding carboxylic acids is 2. The first-order valence-electron chi connectivity index (χ1n) is 5.47. The second kappa shape index (κ2) is 6.89. The molecule has 1 atom stereocenters. The van der Waals surface area contributed by atoms with Gasteiger partial charge in [-0.2, -0.15) is 0 Å². The van der Waals surface area contributed by atoms with E-state index in [4.69, 9.17) is 10.8 Å². The SMILES string of the molecule is NC(=O)CCC(NC(=O)c1cccc(Br)c1)C(=O)O. The molecule has 0 saturated carbocycles. The minimum absolute atomic E-state index is 0.0373. The molecule has 1 rings (SSSR count). The van der Waals surface area contributed by atoms with E-state index in [1.807, 2.05) is 0 Å². The fourth-order valence-electron chi connectivity index (χ4n) is 1.42. The molecule has 0 fully saturated rings. The van der Waals surface area contributed by atoms with E-state index < -0.39 is 23.8 Å². The smallest absolute Gasteiger partial charge is 0.326 e. The molecule has 0 spiro atoms. The Morgan fingerprint density at radius 3 is 2.58 bits per heavy atom. The van der Waals surface area contributed by atoms with Crippen molar-refractivity contribution in [2.75, 3.05) is 0 Å². The summed E-state index contributed by atoms with van der Waals surface area (Å²) in [6.45, 7) is 0. The van der Waals surface area contributed by atoms with E-state index >= 15 is 0 Å². The van der Waals surface area contributed by atoms with Crippen LogP contribution in [-0.4, -0.2) is 28.9 Å². The number of nitrogens with one attached hydrogen (secondary N) is 1. The van der Waals surface area contributed by atoms with Crippen molar-refractivity contribution in [1.82, 2.24) is 5.32 Å². The Bertz CT molecular complexity index is 504. The molecule has 1 aromatic rings. The molecule has 102 valence electrons. The van der Waals surface area contributed by atoms with Gasteiger partial charge in [-0.05, 0) is 24.6 Å². The van der Waals surface area contributed by atoms with Crippen molar-refractivity contribution >= 4 is 33.7 Å². The Morgan fingerprint density at radius 2 is 2.05 bits per heavy atom. The van der Waals surface area contributed by atoms with Crippen molar-refractivity contribution in [3.63, 3.8) is 0 Å². The second-order valence-corrected chi connectivity index (χ2v) is 4.80. The highest BCUT2D eigenvalue weighted by Crippen LogP contribution is 2.12. The van der Waals surface area contributed by atoms with Gasteiger partial charge >= 0.3 is 5.97 Å². The van der Waals surface area contributed by atoms with E-state index in [9.17, 15) is 14.4 Å². The van der Waals surface area contributed by atoms with E-state index in [1.54, 1.807) is 24.3 Å². The Labute approximate surface area is 118 Å². The van der Waals surface area contributed by atoms with Crippen molar-refractivity contribution in [1.29, 1.82) is 0 Å². The lowest BCUT2D eigenvalue weighted by Gasteiger charge is -2.13. The van der Waals surface area contributed by atoms with E-state index in [0.717, 1.165) is 0 Å². The van der Waals surface area contributed by atoms with Gasteiger partial charge in [0.15, 0.2) is 0 Å². The predicted molar refractivity (Wildman–Crippen MR) is 71.5 cm³/mol. The van der Waals surface area contributed by atoms with Gasteiger partial charge in [0.2, 0.25) is 5.91 Å². The lowest BCUT2D eigenvalue weighted by atomic mass is 10.1. The summed E-state index contributed by atoms with van der Waals surface area (Å²) in [4.78, 5) is 33.5. The van der Waals surface area contributed by atoms with Crippen molar-refractivity contribution in [2.45, 2.75) is 18.9 Å². The van der Waals surface area contributed by atoms with Gasteiger partial charge < -0.3 is 16.2 Å². The van der Waals surface area contributed by atoms with Crippen LogP contribution in [0.25, 0.3) is 0 Å². The lowest BCUT2D eigenvalue weighted by Crippen LogP contribution is -2.41. The number of hydrogen-bond donors (Lipinski definition) is 3. The van der Waals surface area contributed by atoms with Crippen LogP contribution in [0.2, 0.25) is 0 Å². The van der Waals surface area contributed by atoms with Crippen LogP contribution in [0.5, 0.6) is 0 Å². The summed E-state index contributed by atoms with van der Waals surface area (Å²) in [6, 6.07) is 5.41. The Balaban J connectivity index is 2.71. The summed E-state index contributed by atoms with van der Waals surface area (Å²) >= 11 is 3.22. The maximum atomic E-state index is 11.8. The summed E-state index contributed by atoms with van der Waals surface area (Å²) in [7, 11) is 0. The van der Waals surface area contributed by atoms with Crippen molar-refractivity contribution in [2.24, 2.45) is 5.73 Å². The number of rotatable bonds is 6. The van der Waals surface area contributed by atoms with Crippen LogP contribution in [0.15, 0.2) is 28.7 Å². The summed E-state index contributed by atoms with van der Waals surface area (Å²) in [5.41, 5.74) is 5.28. The van der Waals surface area contributed by atoms with E-state index in [1.165, 1.54) is 0 Å². The number of hydrogen-bond acceptors (Lipinski definition) is 3. The minimum Gasteiger partial charge on any atom is -0.480 e. The van der Waals surface area contributed by atoms with Crippen molar-refractivity contribution in [3.05, 3.63) is 34.3 Å². The van der Waals surface area contributed by atoms with E-state index in [-0.39, 0.29) is 12.8 Å². The molecule has 4 N–H and O–H groups in total. The number of aliphatic carboxylic acids is 1. The molecule has 0 aliphatic heterocycles. The van der Waals surface area contributed by atoms with Gasteiger partial charge in [0.25, 0.3) is 5.91 Å². The number of primary amides is 1. The van der Waals surface area contributed by atoms with Gasteiger partial charge in [-0.25, -0.2) is 4.79 Å². The lowest BCUT2D eigenvalue weighted by molar-refractivity contribution is -0.139. The highest BCUT2D eigenvalue weighted by Gasteiger charge is 2.21. The first kappa shape index (κ1) is 15.2. The Morgan fingerprint density at radius 1 is 1.37 bits per heavy atom. The molecule has 1 aromatic carbocycles. The number of carboxylic acid groups (broad SMARTS) is 1. The summed E-state index contributed by atoms with van der Waals surface area (Å²) < 4.78 is 0.712. The molecule has 0 aromatic heterocycles. The Kier molecular flexibility index (Phi) is 5.50. The van der Waals surface area contributed by atoms with Gasteiger partial charge in [0, 0.05) is 16.5 Å². The van der Waals surface area contributed by atoms with Crippen LogP contribution in [0.4, 0.5) is 0 Å². The molecule has 0 radical (unpaired) electrons. The third-order valence-corrected chi connectivity index (χ3v) is 2.86. The van der Waals surface area contributed by atoms with Gasteiger partial charge in [-0.3, -0.25) is 9.59 Å². The average molecular weight is 329 g/mol. The third-order valence-electron chi connectivity index (χ3n) is 2.37. The standard InChI is InChI=1S/C12H13BrN2O4/c13-8-3-1-2-7(6-8)11(17)15-9(12(18)19)4-5-10(14)16/h1-3,6,9H,4-5H2,(H2,14,16)(H,15,17)(H,18,19). The number of halogens is 1. The average Bonchev–Trinajstić information content (AvgIpc) is 2.33. The third kappa shape index (κ3) is 5.09. The fourth-order valence-corrected chi connectivity index (χ4v) is 1.81. The molecule has 1 unspecified atom stereocenters. The van der Waals surface area contributed by atoms with Gasteiger partial charge in [-0.1, -0.05) is 22.0 Å². The molecule has 6 nitrogen and oxygen atoms in total. The molecule has 0 bridgehead atoms. The van der Waals surface area contributed by atoms with Gasteiger partial charge in [0.05, 0.1) is 0 Å². The van der Waals surface area contributed by atoms with Crippen LogP contribution in [0, 0.1) is 0 Å². The van der Waals surface area contributed by atoms with Crippen LogP contribution >= 0.6 is 15.9 Å². The summed E-state index contributed by atoms with van der Waals surface area (Å²) in [5.74, 6) is -2.33. The minimum atomic E-state index is -1.20. The number of benzene rings is 1. The first-order chi connectivity index (χ1) is 8.90. The van der Waals surface area contributed by atoms with Crippen LogP contribution < -0.4 is 11.1 Å². The molecule has 0 heterocycles. The molecule has 19 heavy (non-hydrogen) atoms. The predicted octanol–water partition coefficient (Wildman–Crippen LogP) is 0.898. The molecule has 2 amide bonds. The quantitative estimate of drug-likeness (QED) is 0.720. The van der Waals surface area contributed by atoms with Crippen molar-refractivity contribution in [3.8, 4) is 0 Å². The largest absolute Gasteiger partial charge is 0.480 e. The zero-order valence-corrected chi connectivity index (χ0v) is 11.5. The van der Waals surface area contributed by atoms with Gasteiger partial charge in [0.1, 0.15) is 6.04 Å². The number of nitrogens with two attached hydrogens (primary N) is 1. The number of carbonyl (C=O) groups is 3. The first-order valence-corrected chi connectivity index (χ1v) is 6.27. The maximum Gasteiger partial charge on any atom is 0.326 e. The molecule has 7 heteroatoms. The van der Waals surface area contributed by atoms with Crippen molar-refractivity contribution < 1.29 is 19.5 Å². The molecule has 0 saturated heterocycles. The number of carboxylic acids is 1. The second-order valence-electron chi connectivity index (χ2n) is 3.88. The van der Waals surface area contributed by atoms with Crippen LogP contribution in [-0.2, 0) is 9.59 Å². The molecular formula is C12H13BrN2O4. The highest BCUT2D eigenvalue weighted by molar-refractivity contribution is 9.10. The fraction of sp³-hybridized carbons (Fsp3) is 0.250. The topological polar surface area (TPSA) is 109 Å². The van der Waals surface area contributed by atoms with Gasteiger partial charge in [-0.15, -0.1) is 0 Å². The molecule has 0 aliphatic rings. The normalized spacial score (nSPS) is 11.6. The molecular weight excluding hydrogens is 316 g/mol. The van der Waals surface area contributed by atoms with Crippen LogP contribution in [0.3, 0.4) is 0 Å². The Hall–Kier alpha value is -1.89. The van der Waals surface area contributed by atoms with Crippen LogP contribution in [0.1, 0.15) is 23.2 Å². The van der Waals surface area contributed by atoms with E-state index in [0.29, 0.717) is 10.0 Å². The zero-order chi connectivity index (χ0) is 14.4.